The Morgan fingerprint density at radius 3 is 2.23 bits per heavy atom. The number of hydrogen-bond acceptors (Lipinski definition) is 4. The maximum atomic E-state index is 11.9. The van der Waals surface area contributed by atoms with Gasteiger partial charge in [-0.1, -0.05) is 17.7 Å². The van der Waals surface area contributed by atoms with Crippen molar-refractivity contribution in [2.45, 2.75) is 6.92 Å². The van der Waals surface area contributed by atoms with Crippen molar-refractivity contribution in [1.29, 1.82) is 0 Å². The minimum absolute atomic E-state index is 0.347. The van der Waals surface area contributed by atoms with E-state index in [1.165, 1.54) is 7.11 Å². The van der Waals surface area contributed by atoms with Gasteiger partial charge in [0.1, 0.15) is 5.75 Å². The first-order valence-corrected chi connectivity index (χ1v) is 8.06. The third-order valence-electron chi connectivity index (χ3n) is 3.42. The van der Waals surface area contributed by atoms with Crippen LogP contribution in [0.2, 0.25) is 5.02 Å². The van der Waals surface area contributed by atoms with Crippen molar-refractivity contribution in [1.82, 2.24) is 5.32 Å². The highest BCUT2D eigenvalue weighted by Gasteiger charge is 2.15. The van der Waals surface area contributed by atoms with Gasteiger partial charge in [0.25, 0.3) is 0 Å². The van der Waals surface area contributed by atoms with E-state index in [4.69, 9.17) is 16.3 Å². The summed E-state index contributed by atoms with van der Waals surface area (Å²) in [4.78, 5) is 35.4. The van der Waals surface area contributed by atoms with Gasteiger partial charge in [-0.15, -0.1) is 0 Å². The molecule has 0 spiro atoms. The summed E-state index contributed by atoms with van der Waals surface area (Å²) in [7, 11) is 1.52. The number of halogens is 1. The van der Waals surface area contributed by atoms with Crippen molar-refractivity contribution in [3.63, 3.8) is 0 Å². The standard InChI is InChI=1S/C18H18ClN3O4/c1-11-3-4-13(9-15(11)19)21-16(23)10-20-17(24)18(25)22-12-5-7-14(26-2)8-6-12/h3-9H,10H2,1-2H3,(H,20,24)(H,21,23)(H,22,25). The summed E-state index contributed by atoms with van der Waals surface area (Å²) in [5, 5.41) is 7.78. The fourth-order valence-corrected chi connectivity index (χ4v) is 2.16. The molecule has 0 heterocycles. The van der Waals surface area contributed by atoms with Crippen LogP contribution < -0.4 is 20.7 Å². The second-order valence-corrected chi connectivity index (χ2v) is 5.78. The molecule has 2 aromatic rings. The molecule has 0 aliphatic carbocycles. The van der Waals surface area contributed by atoms with Crippen LogP contribution in [-0.4, -0.2) is 31.4 Å². The Balaban J connectivity index is 1.81. The molecule has 8 heteroatoms. The summed E-state index contributed by atoms with van der Waals surface area (Å²) in [5.41, 5.74) is 1.82. The zero-order chi connectivity index (χ0) is 19.1. The van der Waals surface area contributed by atoms with Crippen LogP contribution >= 0.6 is 11.6 Å². The van der Waals surface area contributed by atoms with Crippen LogP contribution in [0.5, 0.6) is 5.75 Å². The number of amides is 3. The van der Waals surface area contributed by atoms with E-state index >= 15 is 0 Å². The first-order valence-electron chi connectivity index (χ1n) is 7.68. The summed E-state index contributed by atoms with van der Waals surface area (Å²) in [6.07, 6.45) is 0. The maximum absolute atomic E-state index is 11.9. The quantitative estimate of drug-likeness (QED) is 0.699. The van der Waals surface area contributed by atoms with Gasteiger partial charge in [0, 0.05) is 16.4 Å². The molecule has 0 unspecified atom stereocenters. The number of carbonyl (C=O) groups excluding carboxylic acids is 3. The van der Waals surface area contributed by atoms with Crippen molar-refractivity contribution >= 4 is 40.7 Å². The monoisotopic (exact) mass is 375 g/mol. The number of benzene rings is 2. The lowest BCUT2D eigenvalue weighted by molar-refractivity contribution is -0.136. The summed E-state index contributed by atoms with van der Waals surface area (Å²) in [5.74, 6) is -1.64. The maximum Gasteiger partial charge on any atom is 0.313 e. The lowest BCUT2D eigenvalue weighted by Crippen LogP contribution is -2.39. The Bertz CT molecular complexity index is 822. The molecule has 0 aliphatic rings. The molecule has 2 rings (SSSR count). The van der Waals surface area contributed by atoms with Gasteiger partial charge < -0.3 is 20.7 Å². The number of carbonyl (C=O) groups is 3. The molecule has 3 N–H and O–H groups in total. The third-order valence-corrected chi connectivity index (χ3v) is 3.83. The second-order valence-electron chi connectivity index (χ2n) is 5.38. The molecule has 7 nitrogen and oxygen atoms in total. The summed E-state index contributed by atoms with van der Waals surface area (Å²) >= 11 is 5.98. The number of hydrogen-bond donors (Lipinski definition) is 3. The Hall–Kier alpha value is -3.06. The van der Waals surface area contributed by atoms with Gasteiger partial charge in [-0.3, -0.25) is 14.4 Å². The zero-order valence-corrected chi connectivity index (χ0v) is 15.0. The lowest BCUT2D eigenvalue weighted by Gasteiger charge is -2.09. The molecule has 0 bridgehead atoms. The van der Waals surface area contributed by atoms with Gasteiger partial charge >= 0.3 is 11.8 Å². The van der Waals surface area contributed by atoms with E-state index in [0.29, 0.717) is 22.1 Å². The summed E-state index contributed by atoms with van der Waals surface area (Å²) < 4.78 is 5.00. The fourth-order valence-electron chi connectivity index (χ4n) is 1.98. The Kier molecular flexibility index (Phi) is 6.57. The van der Waals surface area contributed by atoms with E-state index in [0.717, 1.165) is 5.56 Å². The summed E-state index contributed by atoms with van der Waals surface area (Å²) in [6, 6.07) is 11.5. The topological polar surface area (TPSA) is 96.5 Å². The van der Waals surface area contributed by atoms with Crippen molar-refractivity contribution in [3.05, 3.63) is 53.1 Å². The van der Waals surface area contributed by atoms with Crippen LogP contribution in [0.15, 0.2) is 42.5 Å². The minimum atomic E-state index is -0.919. The molecule has 0 aromatic heterocycles. The molecule has 0 saturated heterocycles. The molecule has 2 aromatic carbocycles. The second kappa shape index (κ2) is 8.87. The third kappa shape index (κ3) is 5.49. The molecular weight excluding hydrogens is 358 g/mol. The van der Waals surface area contributed by atoms with Gasteiger partial charge in [-0.25, -0.2) is 0 Å². The molecule has 26 heavy (non-hydrogen) atoms. The van der Waals surface area contributed by atoms with Crippen LogP contribution in [0, 0.1) is 6.92 Å². The molecule has 0 saturated carbocycles. The molecule has 0 radical (unpaired) electrons. The Labute approximate surface area is 155 Å². The van der Waals surface area contributed by atoms with Crippen LogP contribution in [0.25, 0.3) is 0 Å². The highest BCUT2D eigenvalue weighted by Crippen LogP contribution is 2.19. The molecule has 0 fully saturated rings. The van der Waals surface area contributed by atoms with Gasteiger partial charge in [0.15, 0.2) is 0 Å². The van der Waals surface area contributed by atoms with Gasteiger partial charge in [-0.2, -0.15) is 0 Å². The van der Waals surface area contributed by atoms with Crippen LogP contribution in [0.4, 0.5) is 11.4 Å². The van der Waals surface area contributed by atoms with Gasteiger partial charge in [-0.05, 0) is 48.9 Å². The smallest absolute Gasteiger partial charge is 0.313 e. The minimum Gasteiger partial charge on any atom is -0.497 e. The van der Waals surface area contributed by atoms with E-state index in [1.54, 1.807) is 42.5 Å². The van der Waals surface area contributed by atoms with Gasteiger partial charge in [0.2, 0.25) is 5.91 Å². The number of nitrogens with one attached hydrogen (secondary N) is 3. The van der Waals surface area contributed by atoms with Crippen molar-refractivity contribution in [3.8, 4) is 5.75 Å². The SMILES string of the molecule is COc1ccc(NC(=O)C(=O)NCC(=O)Nc2ccc(C)c(Cl)c2)cc1. The van der Waals surface area contributed by atoms with E-state index in [-0.39, 0.29) is 6.54 Å². The molecular formula is C18H18ClN3O4. The van der Waals surface area contributed by atoms with Crippen LogP contribution in [-0.2, 0) is 14.4 Å². The van der Waals surface area contributed by atoms with E-state index < -0.39 is 17.7 Å². The largest absolute Gasteiger partial charge is 0.497 e. The predicted molar refractivity (Wildman–Crippen MR) is 99.5 cm³/mol. The molecule has 136 valence electrons. The van der Waals surface area contributed by atoms with Gasteiger partial charge in [0.05, 0.1) is 13.7 Å². The number of ether oxygens (including phenoxy) is 1. The number of methoxy groups -OCH3 is 1. The highest BCUT2D eigenvalue weighted by atomic mass is 35.5. The van der Waals surface area contributed by atoms with Crippen molar-refractivity contribution < 1.29 is 19.1 Å². The highest BCUT2D eigenvalue weighted by molar-refractivity contribution is 6.40. The number of anilines is 2. The normalized spacial score (nSPS) is 9.96. The molecule has 3 amide bonds. The van der Waals surface area contributed by atoms with Crippen LogP contribution in [0.1, 0.15) is 5.56 Å². The van der Waals surface area contributed by atoms with Crippen molar-refractivity contribution in [2.24, 2.45) is 0 Å². The Morgan fingerprint density at radius 1 is 0.962 bits per heavy atom. The van der Waals surface area contributed by atoms with Crippen LogP contribution in [0.3, 0.4) is 0 Å². The molecule has 0 atom stereocenters. The molecule has 0 aliphatic heterocycles. The van der Waals surface area contributed by atoms with E-state index in [1.807, 2.05) is 6.92 Å². The average molecular weight is 376 g/mol. The zero-order valence-electron chi connectivity index (χ0n) is 14.3. The fraction of sp³-hybridized carbons (Fsp3) is 0.167. The lowest BCUT2D eigenvalue weighted by atomic mass is 10.2. The average Bonchev–Trinajstić information content (AvgIpc) is 2.63. The first-order chi connectivity index (χ1) is 12.4. The first kappa shape index (κ1) is 19.3. The van der Waals surface area contributed by atoms with E-state index in [2.05, 4.69) is 16.0 Å². The number of rotatable bonds is 5. The Morgan fingerprint density at radius 2 is 1.62 bits per heavy atom. The summed E-state index contributed by atoms with van der Waals surface area (Å²) in [6.45, 7) is 1.50. The van der Waals surface area contributed by atoms with Crippen molar-refractivity contribution in [2.75, 3.05) is 24.3 Å². The predicted octanol–water partition coefficient (Wildman–Crippen LogP) is 2.35. The number of aryl methyl sites for hydroxylation is 1. The van der Waals surface area contributed by atoms with E-state index in [9.17, 15) is 14.4 Å².